The second-order valence-corrected chi connectivity index (χ2v) is 2.78. The van der Waals surface area contributed by atoms with Crippen LogP contribution in [0.5, 0.6) is 0 Å². The maximum atomic E-state index is 11.1. The van der Waals surface area contributed by atoms with Crippen LogP contribution < -0.4 is 11.1 Å². The van der Waals surface area contributed by atoms with E-state index in [1.807, 2.05) is 0 Å². The van der Waals surface area contributed by atoms with Crippen molar-refractivity contribution < 1.29 is 19.1 Å². The van der Waals surface area contributed by atoms with E-state index in [1.54, 1.807) is 0 Å². The molecule has 3 N–H and O–H groups in total. The number of carbonyl (C=O) groups excluding carboxylic acids is 3. The molecule has 14 heavy (non-hydrogen) atoms. The lowest BCUT2D eigenvalue weighted by atomic mass is 10.1. The fourth-order valence-corrected chi connectivity index (χ4v) is 0.923. The summed E-state index contributed by atoms with van der Waals surface area (Å²) >= 11 is 0. The van der Waals surface area contributed by atoms with E-state index in [0.29, 0.717) is 0 Å². The van der Waals surface area contributed by atoms with E-state index in [9.17, 15) is 14.4 Å². The molecule has 6 nitrogen and oxygen atoms in total. The first-order valence-electron chi connectivity index (χ1n) is 4.10. The highest BCUT2D eigenvalue weighted by atomic mass is 16.5. The van der Waals surface area contributed by atoms with Crippen LogP contribution in [0.2, 0.25) is 0 Å². The van der Waals surface area contributed by atoms with E-state index in [0.717, 1.165) is 0 Å². The third-order valence-corrected chi connectivity index (χ3v) is 1.54. The fraction of sp³-hybridized carbons (Fsp3) is 0.625. The molecule has 2 amide bonds. The van der Waals surface area contributed by atoms with Crippen molar-refractivity contribution in [3.63, 3.8) is 0 Å². The van der Waals surface area contributed by atoms with Crippen molar-refractivity contribution in [2.75, 3.05) is 7.11 Å². The molecule has 0 aromatic heterocycles. The smallest absolute Gasteiger partial charge is 0.328 e. The molecule has 0 saturated heterocycles. The Labute approximate surface area is 81.8 Å². The van der Waals surface area contributed by atoms with Crippen LogP contribution in [0.15, 0.2) is 0 Å². The summed E-state index contributed by atoms with van der Waals surface area (Å²) in [6.45, 7) is 1.28. The van der Waals surface area contributed by atoms with E-state index < -0.39 is 17.9 Å². The van der Waals surface area contributed by atoms with Gasteiger partial charge in [0, 0.05) is 13.3 Å². The van der Waals surface area contributed by atoms with Gasteiger partial charge >= 0.3 is 5.97 Å². The lowest BCUT2D eigenvalue weighted by Crippen LogP contribution is -2.41. The van der Waals surface area contributed by atoms with E-state index >= 15 is 0 Å². The second kappa shape index (κ2) is 5.95. The van der Waals surface area contributed by atoms with Crippen LogP contribution in [0.4, 0.5) is 0 Å². The summed E-state index contributed by atoms with van der Waals surface area (Å²) in [5.41, 5.74) is 4.91. The third-order valence-electron chi connectivity index (χ3n) is 1.54. The average molecular weight is 202 g/mol. The maximum absolute atomic E-state index is 11.1. The number of primary amides is 1. The lowest BCUT2D eigenvalue weighted by Gasteiger charge is -2.13. The van der Waals surface area contributed by atoms with Crippen molar-refractivity contribution >= 4 is 17.8 Å². The first kappa shape index (κ1) is 12.4. The maximum Gasteiger partial charge on any atom is 0.328 e. The molecule has 0 aromatic carbocycles. The van der Waals surface area contributed by atoms with Gasteiger partial charge in [-0.1, -0.05) is 0 Å². The second-order valence-electron chi connectivity index (χ2n) is 2.78. The number of methoxy groups -OCH3 is 1. The highest BCUT2D eigenvalue weighted by molar-refractivity contribution is 5.84. The van der Waals surface area contributed by atoms with Crippen LogP contribution >= 0.6 is 0 Å². The minimum absolute atomic E-state index is 0.0278. The molecule has 6 heteroatoms. The van der Waals surface area contributed by atoms with Gasteiger partial charge in [-0.2, -0.15) is 0 Å². The molecule has 80 valence electrons. The van der Waals surface area contributed by atoms with E-state index in [-0.39, 0.29) is 18.7 Å². The summed E-state index contributed by atoms with van der Waals surface area (Å²) in [4.78, 5) is 32.2. The molecule has 0 fully saturated rings. The quantitative estimate of drug-likeness (QED) is 0.554. The first-order chi connectivity index (χ1) is 6.47. The molecule has 0 aliphatic rings. The van der Waals surface area contributed by atoms with Crippen molar-refractivity contribution in [2.24, 2.45) is 5.73 Å². The molecule has 0 bridgehead atoms. The highest BCUT2D eigenvalue weighted by Crippen LogP contribution is 1.99. The predicted octanol–water partition coefficient (Wildman–Crippen LogP) is -1.07. The minimum atomic E-state index is -0.801. The van der Waals surface area contributed by atoms with Crippen molar-refractivity contribution in [1.82, 2.24) is 5.32 Å². The molecule has 0 aliphatic carbocycles. The summed E-state index contributed by atoms with van der Waals surface area (Å²) in [5.74, 6) is -1.46. The third kappa shape index (κ3) is 5.13. The summed E-state index contributed by atoms with van der Waals surface area (Å²) in [5, 5.41) is 2.36. The van der Waals surface area contributed by atoms with Gasteiger partial charge < -0.3 is 15.8 Å². The predicted molar refractivity (Wildman–Crippen MR) is 48.0 cm³/mol. The molecule has 0 aliphatic heterocycles. The Hall–Kier alpha value is -1.59. The zero-order valence-corrected chi connectivity index (χ0v) is 8.20. The number of ether oxygens (including phenoxy) is 1. The standard InChI is InChI=1S/C8H14N2O4/c1-5(11)10-6(8(13)14-2)3-4-7(9)12/h6H,3-4H2,1-2H3,(H2,9,12)(H,10,11)/t6-/m0/s1. The molecule has 0 rings (SSSR count). The molecule has 0 radical (unpaired) electrons. The summed E-state index contributed by atoms with van der Waals surface area (Å²) in [7, 11) is 1.21. The summed E-state index contributed by atoms with van der Waals surface area (Å²) in [6, 6.07) is -0.801. The first-order valence-corrected chi connectivity index (χ1v) is 4.10. The fourth-order valence-electron chi connectivity index (χ4n) is 0.923. The number of hydrogen-bond donors (Lipinski definition) is 2. The van der Waals surface area contributed by atoms with Gasteiger partial charge in [0.05, 0.1) is 7.11 Å². The molecule has 0 unspecified atom stereocenters. The molecule has 0 spiro atoms. The number of carbonyl (C=O) groups is 3. The highest BCUT2D eigenvalue weighted by Gasteiger charge is 2.20. The normalized spacial score (nSPS) is 11.6. The minimum Gasteiger partial charge on any atom is -0.467 e. The van der Waals surface area contributed by atoms with Crippen molar-refractivity contribution in [2.45, 2.75) is 25.8 Å². The summed E-state index contributed by atoms with van der Waals surface area (Å²) < 4.78 is 4.44. The lowest BCUT2D eigenvalue weighted by molar-refractivity contribution is -0.145. The number of amides is 2. The molecule has 0 heterocycles. The van der Waals surface area contributed by atoms with Gasteiger partial charge in [-0.3, -0.25) is 9.59 Å². The number of nitrogens with two attached hydrogens (primary N) is 1. The Morgan fingerprint density at radius 3 is 2.36 bits per heavy atom. The Morgan fingerprint density at radius 2 is 2.00 bits per heavy atom. The van der Waals surface area contributed by atoms with E-state index in [2.05, 4.69) is 10.1 Å². The average Bonchev–Trinajstić information content (AvgIpc) is 2.10. The Morgan fingerprint density at radius 1 is 1.43 bits per heavy atom. The van der Waals surface area contributed by atoms with Crippen LogP contribution in [0.1, 0.15) is 19.8 Å². The van der Waals surface area contributed by atoms with Gasteiger partial charge in [-0.15, -0.1) is 0 Å². The van der Waals surface area contributed by atoms with Gasteiger partial charge in [0.25, 0.3) is 0 Å². The summed E-state index contributed by atoms with van der Waals surface area (Å²) in [6.07, 6.45) is 0.182. The Kier molecular flexibility index (Phi) is 5.28. The van der Waals surface area contributed by atoms with Gasteiger partial charge in [0.1, 0.15) is 6.04 Å². The molecule has 0 saturated carbocycles. The van der Waals surface area contributed by atoms with Gasteiger partial charge in [-0.25, -0.2) is 4.79 Å². The molecule has 0 aromatic rings. The number of nitrogens with one attached hydrogen (secondary N) is 1. The van der Waals surface area contributed by atoms with Gasteiger partial charge in [-0.05, 0) is 6.42 Å². The topological polar surface area (TPSA) is 98.5 Å². The van der Waals surface area contributed by atoms with Crippen LogP contribution in [0.3, 0.4) is 0 Å². The van der Waals surface area contributed by atoms with Crippen LogP contribution in [-0.4, -0.2) is 30.9 Å². The molecular formula is C8H14N2O4. The van der Waals surface area contributed by atoms with Crippen LogP contribution in [0.25, 0.3) is 0 Å². The monoisotopic (exact) mass is 202 g/mol. The molecule has 1 atom stereocenters. The number of rotatable bonds is 5. The Bertz CT molecular complexity index is 239. The van der Waals surface area contributed by atoms with Crippen LogP contribution in [0, 0.1) is 0 Å². The van der Waals surface area contributed by atoms with Gasteiger partial charge in [0.2, 0.25) is 11.8 Å². The number of esters is 1. The van der Waals surface area contributed by atoms with Gasteiger partial charge in [0.15, 0.2) is 0 Å². The SMILES string of the molecule is COC(=O)[C@H](CCC(N)=O)NC(C)=O. The van der Waals surface area contributed by atoms with E-state index in [4.69, 9.17) is 5.73 Å². The largest absolute Gasteiger partial charge is 0.467 e. The van der Waals surface area contributed by atoms with Crippen molar-refractivity contribution in [1.29, 1.82) is 0 Å². The van der Waals surface area contributed by atoms with Crippen molar-refractivity contribution in [3.8, 4) is 0 Å². The zero-order valence-electron chi connectivity index (χ0n) is 8.20. The van der Waals surface area contributed by atoms with Crippen LogP contribution in [-0.2, 0) is 19.1 Å². The molecular weight excluding hydrogens is 188 g/mol. The van der Waals surface area contributed by atoms with E-state index in [1.165, 1.54) is 14.0 Å². The van der Waals surface area contributed by atoms with Crippen molar-refractivity contribution in [3.05, 3.63) is 0 Å². The zero-order chi connectivity index (χ0) is 11.1. The number of hydrogen-bond acceptors (Lipinski definition) is 4. The Balaban J connectivity index is 4.17.